The molecular formula is C26H31Cl3F2N2O2. The summed E-state index contributed by atoms with van der Waals surface area (Å²) in [6.45, 7) is 3.05. The number of methoxy groups -OCH3 is 1. The number of piperidine rings is 1. The van der Waals surface area contributed by atoms with E-state index in [-0.39, 0.29) is 30.6 Å². The van der Waals surface area contributed by atoms with Crippen LogP contribution < -0.4 is 9.47 Å². The quantitative estimate of drug-likeness (QED) is 0.285. The highest BCUT2D eigenvalue weighted by Gasteiger charge is 2.19. The van der Waals surface area contributed by atoms with Crippen LogP contribution in [0.25, 0.3) is 10.9 Å². The first kappa shape index (κ1) is 29.4. The van der Waals surface area contributed by atoms with Crippen LogP contribution >= 0.6 is 36.4 Å². The summed E-state index contributed by atoms with van der Waals surface area (Å²) in [5, 5.41) is 1.77. The maximum absolute atomic E-state index is 13.7. The Morgan fingerprint density at radius 1 is 1.09 bits per heavy atom. The second kappa shape index (κ2) is 14.0. The molecule has 1 saturated heterocycles. The molecule has 0 amide bonds. The first-order valence-corrected chi connectivity index (χ1v) is 11.8. The van der Waals surface area contributed by atoms with Crippen LogP contribution in [0, 0.1) is 17.6 Å². The zero-order chi connectivity index (χ0) is 23.2. The summed E-state index contributed by atoms with van der Waals surface area (Å²) < 4.78 is 37.7. The van der Waals surface area contributed by atoms with Crippen LogP contribution in [0.1, 0.15) is 31.2 Å². The number of aromatic nitrogens is 1. The summed E-state index contributed by atoms with van der Waals surface area (Å²) in [7, 11) is 1.66. The van der Waals surface area contributed by atoms with Crippen molar-refractivity contribution in [3.05, 3.63) is 64.8 Å². The minimum atomic E-state index is -0.532. The SMILES string of the molecule is COc1ccc2ncc(Cl)c(CCCC3CCN(CCOc4cc(F)ccc4F)CC3)c2c1.Cl.Cl. The Balaban J connectivity index is 0.00000216. The third kappa shape index (κ3) is 7.81. The largest absolute Gasteiger partial charge is 0.497 e. The van der Waals surface area contributed by atoms with Crippen molar-refractivity contribution < 1.29 is 18.3 Å². The minimum Gasteiger partial charge on any atom is -0.497 e. The Morgan fingerprint density at radius 3 is 2.60 bits per heavy atom. The number of benzene rings is 2. The Kier molecular flexibility index (Phi) is 11.8. The summed E-state index contributed by atoms with van der Waals surface area (Å²) in [4.78, 5) is 6.76. The number of hydrogen-bond acceptors (Lipinski definition) is 4. The molecule has 1 aliphatic rings. The number of rotatable bonds is 9. The average molecular weight is 548 g/mol. The molecule has 0 aliphatic carbocycles. The van der Waals surface area contributed by atoms with Crippen LogP contribution in [0.15, 0.2) is 42.6 Å². The van der Waals surface area contributed by atoms with E-state index in [1.807, 2.05) is 18.2 Å². The summed E-state index contributed by atoms with van der Waals surface area (Å²) in [6, 6.07) is 9.18. The molecule has 3 aromatic rings. The van der Waals surface area contributed by atoms with Gasteiger partial charge in [0.2, 0.25) is 0 Å². The van der Waals surface area contributed by atoms with E-state index in [0.717, 1.165) is 85.6 Å². The summed E-state index contributed by atoms with van der Waals surface area (Å²) in [6.07, 6.45) is 7.14. The number of likely N-dealkylation sites (tertiary alicyclic amines) is 1. The van der Waals surface area contributed by atoms with Gasteiger partial charge < -0.3 is 9.47 Å². The van der Waals surface area contributed by atoms with Crippen LogP contribution in [-0.4, -0.2) is 43.2 Å². The fourth-order valence-electron chi connectivity index (χ4n) is 4.52. The molecule has 4 rings (SSSR count). The first-order valence-electron chi connectivity index (χ1n) is 11.4. The van der Waals surface area contributed by atoms with E-state index < -0.39 is 11.6 Å². The Morgan fingerprint density at radius 2 is 1.86 bits per heavy atom. The minimum absolute atomic E-state index is 0. The third-order valence-corrected chi connectivity index (χ3v) is 6.76. The van der Waals surface area contributed by atoms with Crippen LogP contribution in [0.3, 0.4) is 0 Å². The van der Waals surface area contributed by atoms with Gasteiger partial charge in [0.15, 0.2) is 11.6 Å². The van der Waals surface area contributed by atoms with E-state index in [2.05, 4.69) is 9.88 Å². The molecule has 0 saturated carbocycles. The molecular weight excluding hydrogens is 517 g/mol. The molecule has 0 spiro atoms. The number of nitrogens with zero attached hydrogens (tertiary/aromatic N) is 2. The molecule has 2 heterocycles. The summed E-state index contributed by atoms with van der Waals surface area (Å²) >= 11 is 6.48. The number of halogens is 5. The van der Waals surface area contributed by atoms with E-state index in [1.165, 1.54) is 0 Å². The summed E-state index contributed by atoms with van der Waals surface area (Å²) in [5.41, 5.74) is 2.07. The Bertz CT molecular complexity index is 1100. The molecule has 192 valence electrons. The van der Waals surface area contributed by atoms with Gasteiger partial charge in [-0.05, 0) is 80.6 Å². The second-order valence-corrected chi connectivity index (χ2v) is 8.98. The zero-order valence-electron chi connectivity index (χ0n) is 19.6. The van der Waals surface area contributed by atoms with E-state index >= 15 is 0 Å². The van der Waals surface area contributed by atoms with Crippen molar-refractivity contribution in [3.8, 4) is 11.5 Å². The highest BCUT2D eigenvalue weighted by molar-refractivity contribution is 6.32. The lowest BCUT2D eigenvalue weighted by molar-refractivity contribution is 0.149. The number of ether oxygens (including phenoxy) is 2. The Labute approximate surface area is 222 Å². The molecule has 0 radical (unpaired) electrons. The van der Waals surface area contributed by atoms with E-state index in [9.17, 15) is 8.78 Å². The molecule has 0 bridgehead atoms. The van der Waals surface area contributed by atoms with Crippen LogP contribution in [0.5, 0.6) is 11.5 Å². The topological polar surface area (TPSA) is 34.6 Å². The maximum Gasteiger partial charge on any atom is 0.165 e. The first-order chi connectivity index (χ1) is 16.0. The van der Waals surface area contributed by atoms with Gasteiger partial charge in [-0.15, -0.1) is 24.8 Å². The van der Waals surface area contributed by atoms with Gasteiger partial charge in [-0.25, -0.2) is 8.78 Å². The number of fused-ring (bicyclic) bond motifs is 1. The van der Waals surface area contributed by atoms with Crippen molar-refractivity contribution >= 4 is 47.3 Å². The fourth-order valence-corrected chi connectivity index (χ4v) is 4.77. The molecule has 0 N–H and O–H groups in total. The standard InChI is InChI=1S/C26H29ClF2N2O2.2ClH/c1-32-20-6-8-25-22(16-20)21(23(27)17-30-25)4-2-3-18-9-11-31(12-10-18)13-14-33-26-15-19(28)5-7-24(26)29;;/h5-8,15-18H,2-4,9-14H2,1H3;2*1H. The van der Waals surface area contributed by atoms with Crippen LogP contribution in [0.2, 0.25) is 5.02 Å². The summed E-state index contributed by atoms with van der Waals surface area (Å²) in [5.74, 6) is 0.446. The third-order valence-electron chi connectivity index (χ3n) is 6.44. The smallest absolute Gasteiger partial charge is 0.165 e. The van der Waals surface area contributed by atoms with Crippen molar-refractivity contribution in [2.45, 2.75) is 32.1 Å². The van der Waals surface area contributed by atoms with Crippen molar-refractivity contribution in [1.82, 2.24) is 9.88 Å². The zero-order valence-corrected chi connectivity index (χ0v) is 22.0. The van der Waals surface area contributed by atoms with Crippen LogP contribution in [-0.2, 0) is 6.42 Å². The van der Waals surface area contributed by atoms with Gasteiger partial charge in [-0.2, -0.15) is 0 Å². The lowest BCUT2D eigenvalue weighted by Crippen LogP contribution is -2.36. The van der Waals surface area contributed by atoms with Crippen molar-refractivity contribution in [3.63, 3.8) is 0 Å². The predicted molar refractivity (Wildman–Crippen MR) is 142 cm³/mol. The highest BCUT2D eigenvalue weighted by atomic mass is 35.5. The van der Waals surface area contributed by atoms with Gasteiger partial charge >= 0.3 is 0 Å². The molecule has 4 nitrogen and oxygen atoms in total. The number of hydrogen-bond donors (Lipinski definition) is 0. The molecule has 2 aromatic carbocycles. The lowest BCUT2D eigenvalue weighted by Gasteiger charge is -2.31. The van der Waals surface area contributed by atoms with E-state index in [1.54, 1.807) is 13.3 Å². The van der Waals surface area contributed by atoms with Gasteiger partial charge in [0, 0.05) is 24.2 Å². The van der Waals surface area contributed by atoms with E-state index in [4.69, 9.17) is 21.1 Å². The van der Waals surface area contributed by atoms with Crippen molar-refractivity contribution in [1.29, 1.82) is 0 Å². The molecule has 0 unspecified atom stereocenters. The average Bonchev–Trinajstić information content (AvgIpc) is 2.83. The predicted octanol–water partition coefficient (Wildman–Crippen LogP) is 7.13. The molecule has 35 heavy (non-hydrogen) atoms. The Hall–Kier alpha value is -1.86. The fraction of sp³-hybridized carbons (Fsp3) is 0.423. The molecule has 1 aliphatic heterocycles. The molecule has 1 aromatic heterocycles. The maximum atomic E-state index is 13.7. The van der Waals surface area contributed by atoms with Crippen molar-refractivity contribution in [2.75, 3.05) is 33.4 Å². The number of pyridine rings is 1. The highest BCUT2D eigenvalue weighted by Crippen LogP contribution is 2.30. The van der Waals surface area contributed by atoms with Gasteiger partial charge in [-0.3, -0.25) is 9.88 Å². The van der Waals surface area contributed by atoms with Gasteiger partial charge in [0.25, 0.3) is 0 Å². The number of aryl methyl sites for hydroxylation is 1. The molecule has 0 atom stereocenters. The lowest BCUT2D eigenvalue weighted by atomic mass is 9.90. The second-order valence-electron chi connectivity index (χ2n) is 8.57. The molecule has 1 fully saturated rings. The van der Waals surface area contributed by atoms with Crippen LogP contribution in [0.4, 0.5) is 8.78 Å². The van der Waals surface area contributed by atoms with Gasteiger partial charge in [-0.1, -0.05) is 18.0 Å². The van der Waals surface area contributed by atoms with Gasteiger partial charge in [0.1, 0.15) is 18.2 Å². The van der Waals surface area contributed by atoms with Gasteiger partial charge in [0.05, 0.1) is 17.6 Å². The monoisotopic (exact) mass is 546 g/mol. The van der Waals surface area contributed by atoms with E-state index in [0.29, 0.717) is 24.1 Å². The van der Waals surface area contributed by atoms with Crippen molar-refractivity contribution in [2.24, 2.45) is 5.92 Å². The normalized spacial score (nSPS) is 14.3. The molecule has 9 heteroatoms.